The van der Waals surface area contributed by atoms with E-state index in [4.69, 9.17) is 0 Å². The summed E-state index contributed by atoms with van der Waals surface area (Å²) < 4.78 is 13.1. The third kappa shape index (κ3) is 4.13. The highest BCUT2D eigenvalue weighted by atomic mass is 19.1. The molecule has 2 aromatic rings. The molecule has 0 aliphatic carbocycles. The van der Waals surface area contributed by atoms with Crippen LogP contribution in [-0.4, -0.2) is 24.7 Å². The summed E-state index contributed by atoms with van der Waals surface area (Å²) in [5.41, 5.74) is 3.81. The standard InChI is InChI=1S/C21H23FN2O/c1-15-6-7-16(2)19(13-15)24(21-5-3-4-12-23-21)14-20(25)17-8-10-18(22)11-9-17/h6-11,13H,3-5,12,14H2,1-2H3. The number of Topliss-reactive ketones (excluding diaryl/α,β-unsaturated/α-hetero) is 1. The monoisotopic (exact) mass is 338 g/mol. The van der Waals surface area contributed by atoms with E-state index in [1.807, 2.05) is 18.7 Å². The molecule has 0 fully saturated rings. The Morgan fingerprint density at radius 2 is 1.88 bits per heavy atom. The summed E-state index contributed by atoms with van der Waals surface area (Å²) in [6.07, 6.45) is 3.06. The van der Waals surface area contributed by atoms with Crippen LogP contribution < -0.4 is 4.90 Å². The molecule has 2 aromatic carbocycles. The summed E-state index contributed by atoms with van der Waals surface area (Å²) in [6, 6.07) is 12.0. The van der Waals surface area contributed by atoms with E-state index in [1.54, 1.807) is 12.1 Å². The maximum absolute atomic E-state index is 13.1. The van der Waals surface area contributed by atoms with E-state index in [-0.39, 0.29) is 18.1 Å². The Balaban J connectivity index is 1.93. The molecule has 0 saturated carbocycles. The van der Waals surface area contributed by atoms with Gasteiger partial charge in [0.05, 0.1) is 6.54 Å². The molecule has 130 valence electrons. The van der Waals surface area contributed by atoms with Crippen LogP contribution in [0, 0.1) is 19.7 Å². The minimum atomic E-state index is -0.334. The Kier molecular flexibility index (Phi) is 5.27. The molecule has 0 bridgehead atoms. The number of anilines is 1. The van der Waals surface area contributed by atoms with E-state index in [1.165, 1.54) is 12.1 Å². The zero-order chi connectivity index (χ0) is 17.8. The van der Waals surface area contributed by atoms with Crippen molar-refractivity contribution in [2.75, 3.05) is 18.0 Å². The molecule has 3 rings (SSSR count). The van der Waals surface area contributed by atoms with Crippen molar-refractivity contribution < 1.29 is 9.18 Å². The summed E-state index contributed by atoms with van der Waals surface area (Å²) >= 11 is 0. The molecule has 0 atom stereocenters. The second kappa shape index (κ2) is 7.60. The number of carbonyl (C=O) groups is 1. The van der Waals surface area contributed by atoms with Crippen LogP contribution >= 0.6 is 0 Å². The Morgan fingerprint density at radius 1 is 1.12 bits per heavy atom. The van der Waals surface area contributed by atoms with Crippen LogP contribution in [-0.2, 0) is 0 Å². The number of ketones is 1. The first kappa shape index (κ1) is 17.3. The second-order valence-corrected chi connectivity index (χ2v) is 6.56. The topological polar surface area (TPSA) is 32.7 Å². The lowest BCUT2D eigenvalue weighted by molar-refractivity contribution is 0.100. The van der Waals surface area contributed by atoms with Gasteiger partial charge in [0.2, 0.25) is 0 Å². The predicted molar refractivity (Wildman–Crippen MR) is 100 cm³/mol. The van der Waals surface area contributed by atoms with Crippen LogP contribution in [0.1, 0.15) is 40.7 Å². The molecule has 4 heteroatoms. The molecule has 1 aliphatic heterocycles. The molecular formula is C21H23FN2O. The quantitative estimate of drug-likeness (QED) is 0.756. The van der Waals surface area contributed by atoms with Crippen molar-refractivity contribution in [1.29, 1.82) is 0 Å². The van der Waals surface area contributed by atoms with Gasteiger partial charge in [0.1, 0.15) is 11.7 Å². The zero-order valence-corrected chi connectivity index (χ0v) is 14.8. The summed E-state index contributed by atoms with van der Waals surface area (Å²) in [5.74, 6) is 0.601. The number of nitrogens with zero attached hydrogens (tertiary/aromatic N) is 2. The Bertz CT molecular complexity index is 796. The number of carbonyl (C=O) groups excluding carboxylic acids is 1. The Hall–Kier alpha value is -2.49. The van der Waals surface area contributed by atoms with Crippen LogP contribution in [0.5, 0.6) is 0 Å². The van der Waals surface area contributed by atoms with Gasteiger partial charge >= 0.3 is 0 Å². The van der Waals surface area contributed by atoms with Gasteiger partial charge in [-0.15, -0.1) is 0 Å². The van der Waals surface area contributed by atoms with Gasteiger partial charge in [0.15, 0.2) is 5.78 Å². The van der Waals surface area contributed by atoms with Gasteiger partial charge < -0.3 is 4.90 Å². The highest BCUT2D eigenvalue weighted by molar-refractivity contribution is 6.07. The minimum Gasteiger partial charge on any atom is -0.322 e. The lowest BCUT2D eigenvalue weighted by Gasteiger charge is -2.29. The van der Waals surface area contributed by atoms with E-state index in [2.05, 4.69) is 23.2 Å². The number of aliphatic imine (C=N–C) groups is 1. The molecule has 0 unspecified atom stereocenters. The van der Waals surface area contributed by atoms with E-state index in [0.717, 1.165) is 48.5 Å². The van der Waals surface area contributed by atoms with Crippen molar-refractivity contribution in [3.05, 3.63) is 65.0 Å². The highest BCUT2D eigenvalue weighted by Gasteiger charge is 2.21. The summed E-state index contributed by atoms with van der Waals surface area (Å²) in [5, 5.41) is 0. The largest absolute Gasteiger partial charge is 0.322 e. The molecule has 0 amide bonds. The maximum Gasteiger partial charge on any atom is 0.182 e. The lowest BCUT2D eigenvalue weighted by Crippen LogP contribution is -2.37. The zero-order valence-electron chi connectivity index (χ0n) is 14.8. The van der Waals surface area contributed by atoms with Crippen LogP contribution in [0.2, 0.25) is 0 Å². The molecule has 1 heterocycles. The van der Waals surface area contributed by atoms with Crippen LogP contribution in [0.4, 0.5) is 10.1 Å². The fourth-order valence-corrected chi connectivity index (χ4v) is 3.10. The van der Waals surface area contributed by atoms with Crippen LogP contribution in [0.15, 0.2) is 47.5 Å². The maximum atomic E-state index is 13.1. The number of amidine groups is 1. The van der Waals surface area contributed by atoms with Gasteiger partial charge in [0.25, 0.3) is 0 Å². The average molecular weight is 338 g/mol. The normalized spacial score (nSPS) is 14.1. The predicted octanol–water partition coefficient (Wildman–Crippen LogP) is 4.71. The Morgan fingerprint density at radius 3 is 2.56 bits per heavy atom. The number of rotatable bonds is 4. The van der Waals surface area contributed by atoms with Crippen LogP contribution in [0.25, 0.3) is 0 Å². The molecule has 1 aliphatic rings. The molecule has 25 heavy (non-hydrogen) atoms. The van der Waals surface area contributed by atoms with Crippen molar-refractivity contribution in [2.24, 2.45) is 4.99 Å². The minimum absolute atomic E-state index is 0.0332. The molecule has 0 spiro atoms. The van der Waals surface area contributed by atoms with Crippen LogP contribution in [0.3, 0.4) is 0 Å². The van der Waals surface area contributed by atoms with Crippen molar-refractivity contribution in [3.8, 4) is 0 Å². The van der Waals surface area contributed by atoms with Gasteiger partial charge in [-0.2, -0.15) is 0 Å². The van der Waals surface area contributed by atoms with E-state index >= 15 is 0 Å². The molecule has 3 nitrogen and oxygen atoms in total. The number of hydrogen-bond donors (Lipinski definition) is 0. The van der Waals surface area contributed by atoms with Crippen molar-refractivity contribution in [3.63, 3.8) is 0 Å². The third-order valence-electron chi connectivity index (χ3n) is 4.54. The summed E-state index contributed by atoms with van der Waals surface area (Å²) in [6.45, 7) is 5.12. The SMILES string of the molecule is Cc1ccc(C)c(N(CC(=O)c2ccc(F)cc2)C2=NCCCC2)c1. The number of hydrogen-bond acceptors (Lipinski definition) is 3. The first-order valence-corrected chi connectivity index (χ1v) is 8.71. The van der Waals surface area contributed by atoms with Gasteiger partial charge in [-0.25, -0.2) is 4.39 Å². The molecule has 0 radical (unpaired) electrons. The van der Waals surface area contributed by atoms with E-state index in [9.17, 15) is 9.18 Å². The molecule has 0 saturated heterocycles. The van der Waals surface area contributed by atoms with Crippen molar-refractivity contribution in [1.82, 2.24) is 0 Å². The van der Waals surface area contributed by atoms with Crippen molar-refractivity contribution >= 4 is 17.3 Å². The molecule has 0 N–H and O–H groups in total. The first-order chi connectivity index (χ1) is 12.0. The van der Waals surface area contributed by atoms with Gasteiger partial charge in [0, 0.05) is 24.2 Å². The Labute approximate surface area is 148 Å². The fraction of sp³-hybridized carbons (Fsp3) is 0.333. The number of halogens is 1. The second-order valence-electron chi connectivity index (χ2n) is 6.56. The van der Waals surface area contributed by atoms with E-state index < -0.39 is 0 Å². The third-order valence-corrected chi connectivity index (χ3v) is 4.54. The van der Waals surface area contributed by atoms with Gasteiger partial charge in [-0.05, 0) is 68.1 Å². The fourth-order valence-electron chi connectivity index (χ4n) is 3.10. The first-order valence-electron chi connectivity index (χ1n) is 8.71. The summed E-state index contributed by atoms with van der Waals surface area (Å²) in [4.78, 5) is 19.5. The number of benzene rings is 2. The molecular weight excluding hydrogens is 315 g/mol. The lowest BCUT2D eigenvalue weighted by atomic mass is 10.1. The van der Waals surface area contributed by atoms with Gasteiger partial charge in [-0.3, -0.25) is 9.79 Å². The highest BCUT2D eigenvalue weighted by Crippen LogP contribution is 2.25. The van der Waals surface area contributed by atoms with Gasteiger partial charge in [-0.1, -0.05) is 12.1 Å². The number of aryl methyl sites for hydroxylation is 2. The average Bonchev–Trinajstić information content (AvgIpc) is 2.63. The summed E-state index contributed by atoms with van der Waals surface area (Å²) in [7, 11) is 0. The molecule has 0 aromatic heterocycles. The smallest absolute Gasteiger partial charge is 0.182 e. The van der Waals surface area contributed by atoms with Crippen molar-refractivity contribution in [2.45, 2.75) is 33.1 Å². The van der Waals surface area contributed by atoms with E-state index in [0.29, 0.717) is 5.56 Å².